The fraction of sp³-hybridized carbons (Fsp3) is 0.750. The molecule has 0 rings (SSSR count). The molecular formula is C4H10NO7P. The third-order valence-corrected chi connectivity index (χ3v) is 1.68. The molecule has 0 saturated heterocycles. The van der Waals surface area contributed by atoms with E-state index in [1.807, 2.05) is 0 Å². The van der Waals surface area contributed by atoms with Gasteiger partial charge in [0.2, 0.25) is 0 Å². The van der Waals surface area contributed by atoms with E-state index in [0.29, 0.717) is 0 Å². The van der Waals surface area contributed by atoms with Crippen LogP contribution in [0.4, 0.5) is 0 Å². The van der Waals surface area contributed by atoms with E-state index < -0.39 is 32.5 Å². The molecule has 0 aliphatic carbocycles. The molecule has 0 spiro atoms. The highest BCUT2D eigenvalue weighted by molar-refractivity contribution is 7.46. The summed E-state index contributed by atoms with van der Waals surface area (Å²) in [6.45, 7) is -0.890. The second kappa shape index (κ2) is 4.66. The summed E-state index contributed by atoms with van der Waals surface area (Å²) in [7, 11) is -4.84. The third kappa shape index (κ3) is 4.94. The average Bonchev–Trinajstić information content (AvgIpc) is 1.97. The van der Waals surface area contributed by atoms with Gasteiger partial charge in [0.15, 0.2) is 0 Å². The van der Waals surface area contributed by atoms with Crippen molar-refractivity contribution in [2.24, 2.45) is 5.73 Å². The largest absolute Gasteiger partial charge is 0.480 e. The number of aliphatic hydroxyl groups excluding tert-OH is 1. The smallest absolute Gasteiger partial charge is 0.470 e. The summed E-state index contributed by atoms with van der Waals surface area (Å²) < 4.78 is 14.2. The summed E-state index contributed by atoms with van der Waals surface area (Å²) in [6.07, 6.45) is -1.63. The highest BCUT2D eigenvalue weighted by atomic mass is 31.2. The summed E-state index contributed by atoms with van der Waals surface area (Å²) in [4.78, 5) is 26.8. The van der Waals surface area contributed by atoms with Crippen molar-refractivity contribution in [1.82, 2.24) is 0 Å². The topological polar surface area (TPSA) is 150 Å². The van der Waals surface area contributed by atoms with Crippen LogP contribution < -0.4 is 5.73 Å². The molecule has 6 N–H and O–H groups in total. The second-order valence-electron chi connectivity index (χ2n) is 2.18. The van der Waals surface area contributed by atoms with Gasteiger partial charge < -0.3 is 25.7 Å². The summed E-state index contributed by atoms with van der Waals surface area (Å²) in [6, 6.07) is -1.68. The Labute approximate surface area is 73.2 Å². The first-order chi connectivity index (χ1) is 5.78. The lowest BCUT2D eigenvalue weighted by molar-refractivity contribution is -0.141. The summed E-state index contributed by atoms with van der Waals surface area (Å²) in [5.74, 6) is -1.52. The van der Waals surface area contributed by atoms with E-state index in [9.17, 15) is 9.36 Å². The van der Waals surface area contributed by atoms with Crippen molar-refractivity contribution in [3.8, 4) is 0 Å². The van der Waals surface area contributed by atoms with E-state index in [1.165, 1.54) is 0 Å². The standard InChI is InChI=1S/C4H10NO7P/c5-3(4(7)8)2(1-6)12-13(9,10)11/h2-3,6H,1,5H2,(H,7,8)(H2,9,10,11)/t2-,3+/m1/s1. The summed E-state index contributed by atoms with van der Waals surface area (Å²) >= 11 is 0. The van der Waals surface area contributed by atoms with Gasteiger partial charge in [-0.15, -0.1) is 0 Å². The minimum absolute atomic E-state index is 0.890. The number of hydrogen-bond donors (Lipinski definition) is 5. The van der Waals surface area contributed by atoms with Crippen molar-refractivity contribution < 1.29 is 33.9 Å². The molecule has 0 aromatic carbocycles. The van der Waals surface area contributed by atoms with Crippen LogP contribution in [0.15, 0.2) is 0 Å². The number of carboxylic acids is 1. The Morgan fingerprint density at radius 1 is 1.54 bits per heavy atom. The van der Waals surface area contributed by atoms with Crippen LogP contribution in [0, 0.1) is 0 Å². The maximum Gasteiger partial charge on any atom is 0.470 e. The Bertz CT molecular complexity index is 225. The maximum atomic E-state index is 10.2. The predicted octanol–water partition coefficient (Wildman–Crippen LogP) is -2.13. The molecule has 78 valence electrons. The first-order valence-electron chi connectivity index (χ1n) is 3.11. The second-order valence-corrected chi connectivity index (χ2v) is 3.37. The van der Waals surface area contributed by atoms with E-state index in [-0.39, 0.29) is 0 Å². The van der Waals surface area contributed by atoms with Gasteiger partial charge in [0.1, 0.15) is 12.1 Å². The number of aliphatic hydroxyl groups is 1. The monoisotopic (exact) mass is 215 g/mol. The molecule has 0 aromatic heterocycles. The Hall–Kier alpha value is -0.500. The van der Waals surface area contributed by atoms with Gasteiger partial charge in [-0.05, 0) is 0 Å². The van der Waals surface area contributed by atoms with Crippen molar-refractivity contribution >= 4 is 13.8 Å². The zero-order valence-corrected chi connectivity index (χ0v) is 7.29. The third-order valence-electron chi connectivity index (χ3n) is 1.14. The maximum absolute atomic E-state index is 10.2. The molecule has 9 heteroatoms. The minimum atomic E-state index is -4.84. The van der Waals surface area contributed by atoms with E-state index in [4.69, 9.17) is 25.7 Å². The molecule has 0 radical (unpaired) electrons. The van der Waals surface area contributed by atoms with E-state index >= 15 is 0 Å². The number of carbonyl (C=O) groups is 1. The lowest BCUT2D eigenvalue weighted by Gasteiger charge is -2.18. The van der Waals surface area contributed by atoms with Crippen molar-refractivity contribution in [3.63, 3.8) is 0 Å². The van der Waals surface area contributed by atoms with Crippen LogP contribution in [-0.2, 0) is 13.9 Å². The molecule has 0 bridgehead atoms. The van der Waals surface area contributed by atoms with Crippen LogP contribution in [0.3, 0.4) is 0 Å². The van der Waals surface area contributed by atoms with Crippen LogP contribution in [0.2, 0.25) is 0 Å². The molecule has 8 nitrogen and oxygen atoms in total. The van der Waals surface area contributed by atoms with Gasteiger partial charge >= 0.3 is 13.8 Å². The molecule has 0 aromatic rings. The number of carboxylic acid groups (broad SMARTS) is 1. The summed E-state index contributed by atoms with van der Waals surface area (Å²) in [5.41, 5.74) is 4.95. The van der Waals surface area contributed by atoms with Gasteiger partial charge in [-0.3, -0.25) is 9.32 Å². The zero-order chi connectivity index (χ0) is 10.6. The molecule has 0 aliphatic rings. The number of hydrogen-bond acceptors (Lipinski definition) is 5. The molecule has 0 aliphatic heterocycles. The summed E-state index contributed by atoms with van der Waals surface area (Å²) in [5, 5.41) is 16.8. The first-order valence-corrected chi connectivity index (χ1v) is 4.64. The predicted molar refractivity (Wildman–Crippen MR) is 39.6 cm³/mol. The fourth-order valence-corrected chi connectivity index (χ4v) is 1.10. The molecular weight excluding hydrogens is 205 g/mol. The molecule has 0 unspecified atom stereocenters. The number of phosphoric acid groups is 1. The van der Waals surface area contributed by atoms with Crippen molar-refractivity contribution in [2.45, 2.75) is 12.1 Å². The van der Waals surface area contributed by atoms with Gasteiger partial charge in [-0.25, -0.2) is 4.57 Å². The Balaban J connectivity index is 4.35. The van der Waals surface area contributed by atoms with E-state index in [0.717, 1.165) is 0 Å². The van der Waals surface area contributed by atoms with Crippen LogP contribution in [0.25, 0.3) is 0 Å². The van der Waals surface area contributed by atoms with Gasteiger partial charge in [-0.1, -0.05) is 0 Å². The van der Waals surface area contributed by atoms with Crippen LogP contribution in [-0.4, -0.2) is 44.7 Å². The highest BCUT2D eigenvalue weighted by Crippen LogP contribution is 2.37. The van der Waals surface area contributed by atoms with Crippen LogP contribution in [0.1, 0.15) is 0 Å². The molecule has 2 atom stereocenters. The van der Waals surface area contributed by atoms with Gasteiger partial charge in [0.05, 0.1) is 6.61 Å². The van der Waals surface area contributed by atoms with Crippen LogP contribution >= 0.6 is 7.82 Å². The van der Waals surface area contributed by atoms with E-state index in [1.54, 1.807) is 0 Å². The number of rotatable bonds is 5. The molecule has 0 fully saturated rings. The lowest BCUT2D eigenvalue weighted by atomic mass is 10.2. The van der Waals surface area contributed by atoms with Gasteiger partial charge in [0, 0.05) is 0 Å². The molecule has 0 heterocycles. The quantitative estimate of drug-likeness (QED) is 0.326. The normalized spacial score (nSPS) is 16.6. The highest BCUT2D eigenvalue weighted by Gasteiger charge is 2.30. The number of phosphoric ester groups is 1. The van der Waals surface area contributed by atoms with Crippen LogP contribution in [0.5, 0.6) is 0 Å². The molecule has 13 heavy (non-hydrogen) atoms. The Morgan fingerprint density at radius 2 is 2.00 bits per heavy atom. The van der Waals surface area contributed by atoms with Crippen molar-refractivity contribution in [2.75, 3.05) is 6.61 Å². The SMILES string of the molecule is N[C@H](C(=O)O)[C@@H](CO)OP(=O)(O)O. The van der Waals surface area contributed by atoms with Crippen molar-refractivity contribution in [3.05, 3.63) is 0 Å². The Kier molecular flexibility index (Phi) is 4.48. The first kappa shape index (κ1) is 12.5. The number of nitrogens with two attached hydrogens (primary N) is 1. The fourth-order valence-electron chi connectivity index (χ4n) is 0.548. The number of aliphatic carboxylic acids is 1. The van der Waals surface area contributed by atoms with Crippen molar-refractivity contribution in [1.29, 1.82) is 0 Å². The molecule has 0 saturated carbocycles. The lowest BCUT2D eigenvalue weighted by Crippen LogP contribution is -2.44. The average molecular weight is 215 g/mol. The van der Waals surface area contributed by atoms with Gasteiger partial charge in [-0.2, -0.15) is 0 Å². The van der Waals surface area contributed by atoms with E-state index in [2.05, 4.69) is 4.52 Å². The van der Waals surface area contributed by atoms with Gasteiger partial charge in [0.25, 0.3) is 0 Å². The molecule has 0 amide bonds. The minimum Gasteiger partial charge on any atom is -0.480 e. The Morgan fingerprint density at radius 3 is 2.23 bits per heavy atom. The zero-order valence-electron chi connectivity index (χ0n) is 6.40.